The molecule has 0 bridgehead atoms. The molecular weight excluding hydrogens is 440 g/mol. The number of rotatable bonds is 4. The number of methoxy groups -OCH3 is 1. The summed E-state index contributed by atoms with van der Waals surface area (Å²) >= 11 is 1.51. The van der Waals surface area contributed by atoms with E-state index in [1.54, 1.807) is 12.1 Å². The first-order valence-electron chi connectivity index (χ1n) is 10.4. The third-order valence-electron chi connectivity index (χ3n) is 6.05. The highest BCUT2D eigenvalue weighted by molar-refractivity contribution is 7.12. The number of carbonyl (C=O) groups is 1. The second kappa shape index (κ2) is 8.05. The van der Waals surface area contributed by atoms with Crippen LogP contribution in [0.15, 0.2) is 53.0 Å². The molecule has 0 spiro atoms. The number of benzene rings is 1. The van der Waals surface area contributed by atoms with Gasteiger partial charge in [0.05, 0.1) is 35.7 Å². The highest BCUT2D eigenvalue weighted by Gasteiger charge is 2.46. The van der Waals surface area contributed by atoms with E-state index in [9.17, 15) is 20.2 Å². The summed E-state index contributed by atoms with van der Waals surface area (Å²) in [5.41, 5.74) is 7.50. The molecule has 2 aliphatic rings. The smallest absolute Gasteiger partial charge is 0.296 e. The number of nitriles is 1. The number of thiophene rings is 1. The molecule has 4 rings (SSSR count). The molecule has 0 fully saturated rings. The van der Waals surface area contributed by atoms with Crippen LogP contribution < -0.4 is 15.4 Å². The molecule has 8 nitrogen and oxygen atoms in total. The Morgan fingerprint density at radius 2 is 2.03 bits per heavy atom. The van der Waals surface area contributed by atoms with Gasteiger partial charge in [-0.05, 0) is 43.0 Å². The SMILES string of the molecule is COc1ccc(N2C(N)=C(C#N)C(c3ccc(C)s3)C3=C2CC(C)(C)CC3=O)c([N+](=O)[O-])c1. The summed E-state index contributed by atoms with van der Waals surface area (Å²) in [6.07, 6.45) is 0.807. The zero-order valence-corrected chi connectivity index (χ0v) is 19.7. The third-order valence-corrected chi connectivity index (χ3v) is 7.11. The van der Waals surface area contributed by atoms with Crippen LogP contribution in [0.4, 0.5) is 11.4 Å². The molecule has 33 heavy (non-hydrogen) atoms. The van der Waals surface area contributed by atoms with E-state index in [0.29, 0.717) is 29.9 Å². The predicted molar refractivity (Wildman–Crippen MR) is 126 cm³/mol. The predicted octanol–water partition coefficient (Wildman–Crippen LogP) is 4.91. The molecule has 1 aromatic carbocycles. The second-order valence-corrected chi connectivity index (χ2v) is 10.4. The Morgan fingerprint density at radius 1 is 1.30 bits per heavy atom. The fourth-order valence-electron chi connectivity index (χ4n) is 4.64. The van der Waals surface area contributed by atoms with Crippen molar-refractivity contribution in [3.8, 4) is 11.8 Å². The minimum absolute atomic E-state index is 0.0706. The number of ether oxygens (including phenoxy) is 1. The Bertz CT molecular complexity index is 1280. The van der Waals surface area contributed by atoms with Crippen molar-refractivity contribution in [2.75, 3.05) is 12.0 Å². The maximum absolute atomic E-state index is 13.5. The molecule has 170 valence electrons. The number of hydrogen-bond acceptors (Lipinski definition) is 8. The van der Waals surface area contributed by atoms with E-state index in [-0.39, 0.29) is 34.0 Å². The zero-order chi connectivity index (χ0) is 24.1. The van der Waals surface area contributed by atoms with Crippen molar-refractivity contribution in [2.24, 2.45) is 11.1 Å². The Hall–Kier alpha value is -3.64. The van der Waals surface area contributed by atoms with Crippen LogP contribution in [0.1, 0.15) is 42.4 Å². The summed E-state index contributed by atoms with van der Waals surface area (Å²) in [5.74, 6) is -0.225. The number of carbonyl (C=O) groups excluding carboxylic acids is 1. The van der Waals surface area contributed by atoms with Gasteiger partial charge in [-0.25, -0.2) is 0 Å². The Labute approximate surface area is 195 Å². The maximum Gasteiger partial charge on any atom is 0.296 e. The molecule has 1 atom stereocenters. The van der Waals surface area contributed by atoms with Crippen LogP contribution in [0.25, 0.3) is 0 Å². The van der Waals surface area contributed by atoms with E-state index in [0.717, 1.165) is 9.75 Å². The van der Waals surface area contributed by atoms with Crippen LogP contribution in [-0.4, -0.2) is 17.8 Å². The van der Waals surface area contributed by atoms with E-state index >= 15 is 0 Å². The largest absolute Gasteiger partial charge is 0.496 e. The monoisotopic (exact) mass is 464 g/mol. The number of allylic oxidation sites excluding steroid dienone is 3. The maximum atomic E-state index is 13.5. The second-order valence-electron chi connectivity index (χ2n) is 9.04. The van der Waals surface area contributed by atoms with E-state index in [2.05, 4.69) is 6.07 Å². The first-order valence-corrected chi connectivity index (χ1v) is 11.2. The lowest BCUT2D eigenvalue weighted by Gasteiger charge is -2.43. The fraction of sp³-hybridized carbons (Fsp3) is 0.333. The zero-order valence-electron chi connectivity index (χ0n) is 18.8. The van der Waals surface area contributed by atoms with Gasteiger partial charge in [-0.2, -0.15) is 5.26 Å². The van der Waals surface area contributed by atoms with Crippen LogP contribution in [0.3, 0.4) is 0 Å². The van der Waals surface area contributed by atoms with E-state index in [1.807, 2.05) is 32.9 Å². The molecule has 0 amide bonds. The number of anilines is 1. The van der Waals surface area contributed by atoms with Gasteiger partial charge in [0.2, 0.25) is 0 Å². The Morgan fingerprint density at radius 3 is 2.61 bits per heavy atom. The van der Waals surface area contributed by atoms with Gasteiger partial charge in [0.1, 0.15) is 17.3 Å². The highest BCUT2D eigenvalue weighted by atomic mass is 32.1. The van der Waals surface area contributed by atoms with Crippen LogP contribution >= 0.6 is 11.3 Å². The number of aryl methyl sites for hydroxylation is 1. The molecule has 2 heterocycles. The normalized spacial score (nSPS) is 19.9. The molecule has 1 aliphatic heterocycles. The summed E-state index contributed by atoms with van der Waals surface area (Å²) in [5, 5.41) is 22.1. The van der Waals surface area contributed by atoms with Crippen molar-refractivity contribution >= 4 is 28.5 Å². The number of hydrogen-bond donors (Lipinski definition) is 1. The van der Waals surface area contributed by atoms with Gasteiger partial charge in [-0.1, -0.05) is 13.8 Å². The molecule has 0 radical (unpaired) electrons. The van der Waals surface area contributed by atoms with Gasteiger partial charge in [0.25, 0.3) is 5.69 Å². The number of nitrogens with two attached hydrogens (primary N) is 1. The lowest BCUT2D eigenvalue weighted by atomic mass is 9.69. The average Bonchev–Trinajstić information content (AvgIpc) is 3.17. The molecule has 0 saturated carbocycles. The number of nitrogens with zero attached hydrogens (tertiary/aromatic N) is 3. The minimum atomic E-state index is -0.583. The average molecular weight is 465 g/mol. The lowest BCUT2D eigenvalue weighted by Crippen LogP contribution is -2.42. The van der Waals surface area contributed by atoms with Crippen molar-refractivity contribution in [2.45, 2.75) is 39.5 Å². The van der Waals surface area contributed by atoms with Crippen molar-refractivity contribution < 1.29 is 14.5 Å². The molecule has 2 N–H and O–H groups in total. The van der Waals surface area contributed by atoms with Crippen molar-refractivity contribution in [1.82, 2.24) is 0 Å². The summed E-state index contributed by atoms with van der Waals surface area (Å²) < 4.78 is 5.17. The Kier molecular flexibility index (Phi) is 5.50. The molecule has 0 saturated heterocycles. The first-order chi connectivity index (χ1) is 15.6. The van der Waals surface area contributed by atoms with Crippen LogP contribution in [0.2, 0.25) is 0 Å². The molecule has 1 aliphatic carbocycles. The van der Waals surface area contributed by atoms with Crippen LogP contribution in [-0.2, 0) is 4.79 Å². The Balaban J connectivity index is 2.04. The summed E-state index contributed by atoms with van der Waals surface area (Å²) in [7, 11) is 1.43. The number of ketones is 1. The number of nitro groups is 1. The summed E-state index contributed by atoms with van der Waals surface area (Å²) in [6, 6.07) is 10.5. The van der Waals surface area contributed by atoms with Gasteiger partial charge >= 0.3 is 0 Å². The lowest BCUT2D eigenvalue weighted by molar-refractivity contribution is -0.384. The quantitative estimate of drug-likeness (QED) is 0.503. The minimum Gasteiger partial charge on any atom is -0.496 e. The van der Waals surface area contributed by atoms with Gasteiger partial charge in [-0.3, -0.25) is 19.8 Å². The van der Waals surface area contributed by atoms with Crippen LogP contribution in [0, 0.1) is 33.8 Å². The topological polar surface area (TPSA) is 122 Å². The van der Waals surface area contributed by atoms with Gasteiger partial charge in [-0.15, -0.1) is 11.3 Å². The molecule has 1 aromatic heterocycles. The van der Waals surface area contributed by atoms with Crippen molar-refractivity contribution in [3.63, 3.8) is 0 Å². The van der Waals surface area contributed by atoms with Crippen LogP contribution in [0.5, 0.6) is 5.75 Å². The number of nitro benzene ring substituents is 1. The molecular formula is C24H24N4O4S. The summed E-state index contributed by atoms with van der Waals surface area (Å²) in [4.78, 5) is 28.4. The van der Waals surface area contributed by atoms with Gasteiger partial charge in [0.15, 0.2) is 5.78 Å². The summed E-state index contributed by atoms with van der Waals surface area (Å²) in [6.45, 7) is 5.93. The number of Topliss-reactive ketones (excluding diaryl/α,β-unsaturated/α-hetero) is 1. The highest BCUT2D eigenvalue weighted by Crippen LogP contribution is 2.52. The van der Waals surface area contributed by atoms with Gasteiger partial charge in [0, 0.05) is 27.4 Å². The fourth-order valence-corrected chi connectivity index (χ4v) is 5.64. The van der Waals surface area contributed by atoms with E-state index < -0.39 is 10.8 Å². The van der Waals surface area contributed by atoms with Crippen molar-refractivity contribution in [1.29, 1.82) is 5.26 Å². The third kappa shape index (κ3) is 3.76. The first kappa shape index (κ1) is 22.6. The standard InChI is InChI=1S/C24H24N4O4S/c1-13-5-8-20(33-13)21-15(12-25)23(26)27(18-10-24(2,3)11-19(29)22(18)21)16-7-6-14(32-4)9-17(16)28(30)31/h5-9,21H,10-11,26H2,1-4H3. The van der Waals surface area contributed by atoms with E-state index in [4.69, 9.17) is 10.5 Å². The molecule has 2 aromatic rings. The molecule has 9 heteroatoms. The van der Waals surface area contributed by atoms with Crippen molar-refractivity contribution in [3.05, 3.63) is 72.9 Å². The van der Waals surface area contributed by atoms with E-state index in [1.165, 1.54) is 29.4 Å². The molecule has 1 unspecified atom stereocenters. The van der Waals surface area contributed by atoms with Gasteiger partial charge < -0.3 is 10.5 Å².